The number of rotatable bonds is 0. The van der Waals surface area contributed by atoms with Crippen molar-refractivity contribution in [2.45, 2.75) is 27.7 Å². The summed E-state index contributed by atoms with van der Waals surface area (Å²) in [6, 6.07) is 3.12. The first-order chi connectivity index (χ1) is 8.36. The summed E-state index contributed by atoms with van der Waals surface area (Å²) in [6.07, 6.45) is -1.63. The normalized spacial score (nSPS) is 11.0. The molecule has 0 amide bonds. The van der Waals surface area contributed by atoms with Crippen molar-refractivity contribution in [3.63, 3.8) is 0 Å². The molecule has 0 heterocycles. The zero-order valence-corrected chi connectivity index (χ0v) is 11.1. The summed E-state index contributed by atoms with van der Waals surface area (Å²) in [6.45, 7) is 11.8. The molecule has 0 nitrogen and oxygen atoms in total. The SMILES string of the molecule is C=c1ccc(=C(F)F)c2c(C)c(C)c(C)c(C)c12. The smallest absolute Gasteiger partial charge is 0.173 e. The van der Waals surface area contributed by atoms with Crippen LogP contribution in [-0.4, -0.2) is 0 Å². The van der Waals surface area contributed by atoms with Gasteiger partial charge in [-0.15, -0.1) is 0 Å². The van der Waals surface area contributed by atoms with Gasteiger partial charge in [0.1, 0.15) is 0 Å². The lowest BCUT2D eigenvalue weighted by atomic mass is 9.90. The fourth-order valence-corrected chi connectivity index (χ4v) is 2.56. The van der Waals surface area contributed by atoms with Crippen molar-refractivity contribution in [3.8, 4) is 0 Å². The van der Waals surface area contributed by atoms with Gasteiger partial charge in [0.25, 0.3) is 6.08 Å². The largest absolute Gasteiger partial charge is 0.278 e. The van der Waals surface area contributed by atoms with Crippen LogP contribution in [0.5, 0.6) is 0 Å². The van der Waals surface area contributed by atoms with Crippen molar-refractivity contribution < 1.29 is 8.78 Å². The van der Waals surface area contributed by atoms with E-state index in [1.54, 1.807) is 6.07 Å². The molecule has 0 aliphatic rings. The molecule has 0 aliphatic carbocycles. The average molecular weight is 246 g/mol. The van der Waals surface area contributed by atoms with Crippen LogP contribution in [0, 0.1) is 27.7 Å². The fraction of sp³-hybridized carbons (Fsp3) is 0.250. The number of halogens is 2. The van der Waals surface area contributed by atoms with E-state index in [0.29, 0.717) is 5.39 Å². The summed E-state index contributed by atoms with van der Waals surface area (Å²) in [7, 11) is 0. The van der Waals surface area contributed by atoms with E-state index in [1.807, 2.05) is 27.7 Å². The molecule has 2 heteroatoms. The zero-order chi connectivity index (χ0) is 13.6. The van der Waals surface area contributed by atoms with Gasteiger partial charge in [-0.05, 0) is 72.0 Å². The first-order valence-corrected chi connectivity index (χ1v) is 5.89. The van der Waals surface area contributed by atoms with Gasteiger partial charge in [0, 0.05) is 5.22 Å². The predicted molar refractivity (Wildman–Crippen MR) is 73.3 cm³/mol. The number of aryl methyl sites for hydroxylation is 2. The molecule has 0 saturated heterocycles. The van der Waals surface area contributed by atoms with Gasteiger partial charge < -0.3 is 0 Å². The van der Waals surface area contributed by atoms with Crippen LogP contribution in [0.3, 0.4) is 0 Å². The highest BCUT2D eigenvalue weighted by molar-refractivity contribution is 5.92. The molecular weight excluding hydrogens is 230 g/mol. The molecule has 0 spiro atoms. The van der Waals surface area contributed by atoms with Crippen LogP contribution in [0.2, 0.25) is 0 Å². The Bertz CT molecular complexity index is 751. The van der Waals surface area contributed by atoms with Gasteiger partial charge >= 0.3 is 0 Å². The highest BCUT2D eigenvalue weighted by Crippen LogP contribution is 2.25. The highest BCUT2D eigenvalue weighted by Gasteiger charge is 2.12. The molecule has 0 saturated carbocycles. The summed E-state index contributed by atoms with van der Waals surface area (Å²) >= 11 is 0. The third-order valence-electron chi connectivity index (χ3n) is 3.93. The standard InChI is InChI=1S/C16H16F2/c1-8-6-7-13(16(17)18)15-12(5)10(3)9(2)11(4)14(8)15/h6-7H,1H2,2-5H3. The Kier molecular flexibility index (Phi) is 2.97. The van der Waals surface area contributed by atoms with E-state index in [9.17, 15) is 8.78 Å². The van der Waals surface area contributed by atoms with Crippen LogP contribution < -0.4 is 10.4 Å². The molecule has 0 fully saturated rings. The summed E-state index contributed by atoms with van der Waals surface area (Å²) in [4.78, 5) is 0. The maximum Gasteiger partial charge on any atom is 0.278 e. The zero-order valence-electron chi connectivity index (χ0n) is 11.1. The lowest BCUT2D eigenvalue weighted by Crippen LogP contribution is -2.15. The Morgan fingerprint density at radius 3 is 1.83 bits per heavy atom. The van der Waals surface area contributed by atoms with Gasteiger partial charge in [0.2, 0.25) is 0 Å². The Morgan fingerprint density at radius 2 is 1.33 bits per heavy atom. The summed E-state index contributed by atoms with van der Waals surface area (Å²) in [5.74, 6) is 0. The molecule has 2 aromatic rings. The minimum Gasteiger partial charge on any atom is -0.173 e. The van der Waals surface area contributed by atoms with Crippen LogP contribution >= 0.6 is 0 Å². The van der Waals surface area contributed by atoms with Crippen LogP contribution in [0.15, 0.2) is 12.1 Å². The summed E-state index contributed by atoms with van der Waals surface area (Å²) < 4.78 is 26.1. The first kappa shape index (κ1) is 12.7. The Morgan fingerprint density at radius 1 is 0.833 bits per heavy atom. The van der Waals surface area contributed by atoms with Crippen LogP contribution in [0.1, 0.15) is 22.3 Å². The quantitative estimate of drug-likeness (QED) is 0.667. The number of benzene rings is 2. The van der Waals surface area contributed by atoms with E-state index in [2.05, 4.69) is 6.58 Å². The van der Waals surface area contributed by atoms with Crippen LogP contribution in [0.25, 0.3) is 23.4 Å². The monoisotopic (exact) mass is 246 g/mol. The second-order valence-corrected chi connectivity index (χ2v) is 4.78. The molecule has 2 rings (SSSR count). The van der Waals surface area contributed by atoms with E-state index in [0.717, 1.165) is 32.9 Å². The maximum atomic E-state index is 13.1. The second-order valence-electron chi connectivity index (χ2n) is 4.78. The summed E-state index contributed by atoms with van der Waals surface area (Å²) in [5, 5.41) is 2.34. The van der Waals surface area contributed by atoms with Crippen LogP contribution in [0.4, 0.5) is 8.78 Å². The predicted octanol–water partition coefficient (Wildman–Crippen LogP) is 3.49. The molecule has 18 heavy (non-hydrogen) atoms. The van der Waals surface area contributed by atoms with Crippen molar-refractivity contribution in [2.24, 2.45) is 0 Å². The van der Waals surface area contributed by atoms with E-state index < -0.39 is 6.08 Å². The second kappa shape index (κ2) is 4.20. The van der Waals surface area contributed by atoms with Gasteiger partial charge in [-0.1, -0.05) is 12.6 Å². The van der Waals surface area contributed by atoms with E-state index >= 15 is 0 Å². The number of fused-ring (bicyclic) bond motifs is 1. The van der Waals surface area contributed by atoms with Gasteiger partial charge in [0.15, 0.2) is 0 Å². The van der Waals surface area contributed by atoms with Gasteiger partial charge in [-0.3, -0.25) is 0 Å². The molecule has 0 unspecified atom stereocenters. The Labute approximate surface area is 105 Å². The van der Waals surface area contributed by atoms with Crippen molar-refractivity contribution in [3.05, 3.63) is 44.8 Å². The molecule has 0 aliphatic heterocycles. The number of hydrogen-bond acceptors (Lipinski definition) is 0. The lowest BCUT2D eigenvalue weighted by Gasteiger charge is -2.14. The first-order valence-electron chi connectivity index (χ1n) is 5.89. The van der Waals surface area contributed by atoms with E-state index in [-0.39, 0.29) is 5.22 Å². The molecular formula is C16H16F2. The maximum absolute atomic E-state index is 13.1. The number of hydrogen-bond donors (Lipinski definition) is 0. The molecule has 0 atom stereocenters. The van der Waals surface area contributed by atoms with E-state index in [4.69, 9.17) is 0 Å². The molecule has 0 radical (unpaired) electrons. The van der Waals surface area contributed by atoms with Crippen molar-refractivity contribution in [2.75, 3.05) is 0 Å². The topological polar surface area (TPSA) is 0 Å². The Balaban J connectivity index is 3.31. The minimum atomic E-state index is -1.63. The molecule has 0 bridgehead atoms. The Hall–Kier alpha value is -1.70. The summed E-state index contributed by atoms with van der Waals surface area (Å²) in [5.41, 5.74) is 4.19. The molecule has 2 aromatic carbocycles. The fourth-order valence-electron chi connectivity index (χ4n) is 2.56. The van der Waals surface area contributed by atoms with Crippen LogP contribution in [-0.2, 0) is 0 Å². The highest BCUT2D eigenvalue weighted by atomic mass is 19.3. The van der Waals surface area contributed by atoms with Crippen molar-refractivity contribution >= 4 is 23.4 Å². The van der Waals surface area contributed by atoms with Gasteiger partial charge in [-0.25, -0.2) is 0 Å². The van der Waals surface area contributed by atoms with Crippen molar-refractivity contribution in [1.29, 1.82) is 0 Å². The lowest BCUT2D eigenvalue weighted by molar-refractivity contribution is 0.542. The van der Waals surface area contributed by atoms with Gasteiger partial charge in [0.05, 0.1) is 0 Å². The molecule has 94 valence electrons. The molecule has 0 N–H and O–H groups in total. The third-order valence-corrected chi connectivity index (χ3v) is 3.93. The van der Waals surface area contributed by atoms with Crippen molar-refractivity contribution in [1.82, 2.24) is 0 Å². The molecule has 0 aromatic heterocycles. The minimum absolute atomic E-state index is 0.0288. The van der Waals surface area contributed by atoms with Gasteiger partial charge in [-0.2, -0.15) is 8.78 Å². The third kappa shape index (κ3) is 1.64. The van der Waals surface area contributed by atoms with E-state index in [1.165, 1.54) is 6.07 Å². The average Bonchev–Trinajstić information content (AvgIpc) is 2.32.